The fourth-order valence-corrected chi connectivity index (χ4v) is 2.54. The molecule has 1 aromatic rings. The van der Waals surface area contributed by atoms with Gasteiger partial charge in [0.25, 0.3) is 0 Å². The van der Waals surface area contributed by atoms with E-state index in [4.69, 9.17) is 5.11 Å². The molecule has 0 aliphatic carbocycles. The fourth-order valence-electron chi connectivity index (χ4n) is 1.92. The fraction of sp³-hybridized carbons (Fsp3) is 0.533. The third kappa shape index (κ3) is 5.53. The zero-order valence-electron chi connectivity index (χ0n) is 12.8. The maximum absolute atomic E-state index is 12.5. The van der Waals surface area contributed by atoms with Crippen molar-refractivity contribution in [1.29, 1.82) is 0 Å². The van der Waals surface area contributed by atoms with Crippen molar-refractivity contribution in [2.24, 2.45) is 5.41 Å². The van der Waals surface area contributed by atoms with E-state index in [0.29, 0.717) is 30.6 Å². The molecule has 124 valence electrons. The quantitative estimate of drug-likeness (QED) is 0.671. The van der Waals surface area contributed by atoms with E-state index in [1.807, 2.05) is 0 Å². The van der Waals surface area contributed by atoms with Crippen molar-refractivity contribution >= 4 is 21.9 Å². The summed E-state index contributed by atoms with van der Waals surface area (Å²) < 4.78 is 30.3. The van der Waals surface area contributed by atoms with Crippen LogP contribution in [0, 0.1) is 12.3 Å². The van der Waals surface area contributed by atoms with Crippen LogP contribution in [-0.4, -0.2) is 24.2 Å². The van der Waals surface area contributed by atoms with Crippen LogP contribution < -0.4 is 10.1 Å². The zero-order chi connectivity index (χ0) is 16.9. The van der Waals surface area contributed by atoms with Gasteiger partial charge in [0.15, 0.2) is 0 Å². The number of ether oxygens (including phenoxy) is 1. The molecule has 0 saturated heterocycles. The van der Waals surface area contributed by atoms with E-state index in [-0.39, 0.29) is 5.75 Å². The molecular weight excluding hydrogens is 360 g/mol. The van der Waals surface area contributed by atoms with Crippen LogP contribution in [0.4, 0.5) is 8.78 Å². The molecule has 1 rings (SSSR count). The molecule has 0 heterocycles. The van der Waals surface area contributed by atoms with Gasteiger partial charge in [-0.3, -0.25) is 4.79 Å². The molecule has 1 aromatic carbocycles. The number of rotatable bonds is 8. The maximum atomic E-state index is 12.5. The Labute approximate surface area is 137 Å². The summed E-state index contributed by atoms with van der Waals surface area (Å²) in [5.41, 5.74) is 0.375. The Morgan fingerprint density at radius 3 is 2.64 bits per heavy atom. The van der Waals surface area contributed by atoms with Crippen LogP contribution in [0.15, 0.2) is 16.6 Å². The van der Waals surface area contributed by atoms with E-state index in [0.717, 1.165) is 4.47 Å². The third-order valence-corrected chi connectivity index (χ3v) is 3.80. The van der Waals surface area contributed by atoms with E-state index in [2.05, 4.69) is 26.0 Å². The smallest absolute Gasteiger partial charge is 0.387 e. The topological polar surface area (TPSA) is 58.6 Å². The highest BCUT2D eigenvalue weighted by Gasteiger charge is 2.26. The van der Waals surface area contributed by atoms with Crippen molar-refractivity contribution in [1.82, 2.24) is 5.32 Å². The average Bonchev–Trinajstić information content (AvgIpc) is 2.37. The van der Waals surface area contributed by atoms with Crippen molar-refractivity contribution in [3.8, 4) is 5.75 Å². The predicted octanol–water partition coefficient (Wildman–Crippen LogP) is 3.95. The molecule has 0 aliphatic rings. The van der Waals surface area contributed by atoms with Crippen molar-refractivity contribution in [3.63, 3.8) is 0 Å². The second-order valence-electron chi connectivity index (χ2n) is 5.71. The largest absolute Gasteiger partial charge is 0.481 e. The molecule has 0 bridgehead atoms. The number of benzene rings is 1. The number of hydrogen-bond donors (Lipinski definition) is 2. The summed E-state index contributed by atoms with van der Waals surface area (Å²) in [7, 11) is 0. The van der Waals surface area contributed by atoms with Crippen LogP contribution in [0.5, 0.6) is 5.75 Å². The number of carboxylic acids is 1. The van der Waals surface area contributed by atoms with Gasteiger partial charge in [0, 0.05) is 16.6 Å². The van der Waals surface area contributed by atoms with Crippen LogP contribution >= 0.6 is 15.9 Å². The highest BCUT2D eigenvalue weighted by molar-refractivity contribution is 9.10. The third-order valence-electron chi connectivity index (χ3n) is 3.34. The summed E-state index contributed by atoms with van der Waals surface area (Å²) >= 11 is 3.32. The standard InChI is InChI=1S/C15H20BrF2NO3/c1-9-6-11(16)7-10(12(9)22-14(17)18)8-19-5-4-15(2,3)13(20)21/h6-7,14,19H,4-5,8H2,1-3H3,(H,20,21). The van der Waals surface area contributed by atoms with Gasteiger partial charge in [-0.15, -0.1) is 0 Å². The molecule has 0 aliphatic heterocycles. The second kappa shape index (κ2) is 7.87. The molecule has 7 heteroatoms. The first kappa shape index (κ1) is 18.8. The summed E-state index contributed by atoms with van der Waals surface area (Å²) in [4.78, 5) is 11.0. The van der Waals surface area contributed by atoms with Gasteiger partial charge >= 0.3 is 12.6 Å². The lowest BCUT2D eigenvalue weighted by atomic mass is 9.90. The molecular formula is C15H20BrF2NO3. The Balaban J connectivity index is 2.71. The molecule has 0 atom stereocenters. The number of hydrogen-bond acceptors (Lipinski definition) is 3. The molecule has 2 N–H and O–H groups in total. The first-order valence-corrected chi connectivity index (χ1v) is 7.60. The Bertz CT molecular complexity index is 536. The molecule has 4 nitrogen and oxygen atoms in total. The molecule has 0 saturated carbocycles. The number of alkyl halides is 2. The van der Waals surface area contributed by atoms with Gasteiger partial charge in [0.2, 0.25) is 0 Å². The Kier molecular flexibility index (Phi) is 6.74. The first-order valence-electron chi connectivity index (χ1n) is 6.81. The van der Waals surface area contributed by atoms with Crippen molar-refractivity contribution < 1.29 is 23.4 Å². The van der Waals surface area contributed by atoms with Gasteiger partial charge in [-0.2, -0.15) is 8.78 Å². The van der Waals surface area contributed by atoms with Gasteiger partial charge in [0.1, 0.15) is 5.75 Å². The average molecular weight is 380 g/mol. The minimum Gasteiger partial charge on any atom is -0.481 e. The number of carboxylic acid groups (broad SMARTS) is 1. The van der Waals surface area contributed by atoms with Crippen molar-refractivity contribution in [3.05, 3.63) is 27.7 Å². The van der Waals surface area contributed by atoms with Crippen LogP contribution in [0.2, 0.25) is 0 Å². The van der Waals surface area contributed by atoms with E-state index in [1.54, 1.807) is 32.9 Å². The van der Waals surface area contributed by atoms with Crippen LogP contribution in [0.3, 0.4) is 0 Å². The minimum atomic E-state index is -2.88. The highest BCUT2D eigenvalue weighted by Crippen LogP contribution is 2.29. The Morgan fingerprint density at radius 2 is 2.09 bits per heavy atom. The number of carbonyl (C=O) groups is 1. The monoisotopic (exact) mass is 379 g/mol. The lowest BCUT2D eigenvalue weighted by Gasteiger charge is -2.19. The SMILES string of the molecule is Cc1cc(Br)cc(CNCCC(C)(C)C(=O)O)c1OC(F)F. The summed E-state index contributed by atoms with van der Waals surface area (Å²) in [5, 5.41) is 12.1. The molecule has 0 aromatic heterocycles. The van der Waals surface area contributed by atoms with Gasteiger partial charge in [-0.25, -0.2) is 0 Å². The Hall–Kier alpha value is -1.21. The molecule has 22 heavy (non-hydrogen) atoms. The van der Waals surface area contributed by atoms with Crippen molar-refractivity contribution in [2.75, 3.05) is 6.54 Å². The summed E-state index contributed by atoms with van der Waals surface area (Å²) in [6, 6.07) is 3.41. The zero-order valence-corrected chi connectivity index (χ0v) is 14.3. The molecule has 0 fully saturated rings. The minimum absolute atomic E-state index is 0.156. The van der Waals surface area contributed by atoms with Gasteiger partial charge in [0.05, 0.1) is 5.41 Å². The molecule has 0 unspecified atom stereocenters. The highest BCUT2D eigenvalue weighted by atomic mass is 79.9. The lowest BCUT2D eigenvalue weighted by molar-refractivity contribution is -0.147. The van der Waals surface area contributed by atoms with Crippen molar-refractivity contribution in [2.45, 2.75) is 40.3 Å². The van der Waals surface area contributed by atoms with Gasteiger partial charge < -0.3 is 15.2 Å². The van der Waals surface area contributed by atoms with E-state index < -0.39 is 18.0 Å². The number of aryl methyl sites for hydroxylation is 1. The molecule has 0 spiro atoms. The normalized spacial score (nSPS) is 11.8. The number of aliphatic carboxylic acids is 1. The summed E-state index contributed by atoms with van der Waals surface area (Å²) in [6.07, 6.45) is 0.431. The molecule has 0 radical (unpaired) electrons. The lowest BCUT2D eigenvalue weighted by Crippen LogP contribution is -2.29. The predicted molar refractivity (Wildman–Crippen MR) is 83.3 cm³/mol. The Morgan fingerprint density at radius 1 is 1.45 bits per heavy atom. The van der Waals surface area contributed by atoms with E-state index in [1.165, 1.54) is 0 Å². The van der Waals surface area contributed by atoms with Crippen LogP contribution in [-0.2, 0) is 11.3 Å². The van der Waals surface area contributed by atoms with Gasteiger partial charge in [-0.05, 0) is 51.4 Å². The summed E-state index contributed by atoms with van der Waals surface area (Å²) in [6.45, 7) is 2.87. The second-order valence-corrected chi connectivity index (χ2v) is 6.62. The summed E-state index contributed by atoms with van der Waals surface area (Å²) in [5.74, 6) is -0.711. The number of halogens is 3. The van der Waals surface area contributed by atoms with E-state index in [9.17, 15) is 13.6 Å². The van der Waals surface area contributed by atoms with Crippen LogP contribution in [0.1, 0.15) is 31.4 Å². The molecule has 0 amide bonds. The van der Waals surface area contributed by atoms with E-state index >= 15 is 0 Å². The van der Waals surface area contributed by atoms with Gasteiger partial charge in [-0.1, -0.05) is 15.9 Å². The number of nitrogens with one attached hydrogen (secondary N) is 1. The maximum Gasteiger partial charge on any atom is 0.387 e. The first-order chi connectivity index (χ1) is 10.1. The van der Waals surface area contributed by atoms with Crippen LogP contribution in [0.25, 0.3) is 0 Å².